The van der Waals surface area contributed by atoms with Crippen LogP contribution in [-0.4, -0.2) is 34.6 Å². The lowest BCUT2D eigenvalue weighted by molar-refractivity contribution is -0.138. The number of aliphatic hydroxyl groups is 1. The summed E-state index contributed by atoms with van der Waals surface area (Å²) in [5.41, 5.74) is 11.1. The molecule has 0 unspecified atom stereocenters. The maximum Gasteiger partial charge on any atom is 0.320 e. The Morgan fingerprint density at radius 3 is 2.76 bits per heavy atom. The Hall–Kier alpha value is -2.26. The summed E-state index contributed by atoms with van der Waals surface area (Å²) in [6.07, 6.45) is 1.29. The minimum atomic E-state index is -0.978. The largest absolute Gasteiger partial charge is 0.507 e. The van der Waals surface area contributed by atoms with Crippen molar-refractivity contribution in [3.05, 3.63) is 34.4 Å². The van der Waals surface area contributed by atoms with Crippen LogP contribution in [0.4, 0.5) is 0 Å². The average Bonchev–Trinajstić information content (AvgIpc) is 2.26. The standard InChI is InChI=1S/C11H13N3O3/c1-6(11(16)17)14-5-8-3-2-7(10(12)13)4-9(8)15/h4,6,14-15H,5H2,1H3,(H3,12,13)(H,16,17)/t6-/m0/s1. The molecular formula is C11H13N3O3. The van der Waals surface area contributed by atoms with Gasteiger partial charge in [-0.3, -0.25) is 15.5 Å². The number of nitrogens with two attached hydrogens (primary N) is 1. The Morgan fingerprint density at radius 2 is 2.29 bits per heavy atom. The van der Waals surface area contributed by atoms with Crippen LogP contribution >= 0.6 is 0 Å². The molecule has 6 heteroatoms. The molecule has 90 valence electrons. The molecule has 0 bridgehead atoms. The third-order valence-electron chi connectivity index (χ3n) is 2.18. The number of amidine groups is 1. The Kier molecular flexibility index (Phi) is 3.91. The molecule has 0 aromatic carbocycles. The van der Waals surface area contributed by atoms with Gasteiger partial charge in [0.1, 0.15) is 17.6 Å². The molecule has 0 spiro atoms. The van der Waals surface area contributed by atoms with Crippen LogP contribution < -0.4 is 11.1 Å². The SMILES string of the molecule is C[C@H](NCC1=C=C=C(C(=N)N)C=C1O)C(=O)O. The molecule has 0 radical (unpaired) electrons. The summed E-state index contributed by atoms with van der Waals surface area (Å²) in [7, 11) is 0. The van der Waals surface area contributed by atoms with Crippen LogP contribution in [0.5, 0.6) is 0 Å². The summed E-state index contributed by atoms with van der Waals surface area (Å²) < 4.78 is 0. The molecule has 17 heavy (non-hydrogen) atoms. The number of aliphatic hydroxyl groups excluding tert-OH is 1. The summed E-state index contributed by atoms with van der Waals surface area (Å²) in [6, 6.07) is -0.727. The lowest BCUT2D eigenvalue weighted by Crippen LogP contribution is -2.35. The minimum Gasteiger partial charge on any atom is -0.507 e. The van der Waals surface area contributed by atoms with Gasteiger partial charge in [-0.25, -0.2) is 0 Å². The van der Waals surface area contributed by atoms with E-state index in [0.29, 0.717) is 5.57 Å². The molecule has 1 aliphatic rings. The molecule has 0 saturated heterocycles. The second-order valence-corrected chi connectivity index (χ2v) is 3.53. The number of aliphatic carboxylic acids is 1. The van der Waals surface area contributed by atoms with E-state index in [2.05, 4.69) is 16.8 Å². The first kappa shape index (κ1) is 12.8. The van der Waals surface area contributed by atoms with E-state index in [0.717, 1.165) is 0 Å². The molecule has 0 aromatic heterocycles. The van der Waals surface area contributed by atoms with Crippen LogP contribution in [-0.2, 0) is 4.79 Å². The average molecular weight is 235 g/mol. The lowest BCUT2D eigenvalue weighted by atomic mass is 10.1. The number of carboxylic acid groups (broad SMARTS) is 1. The van der Waals surface area contributed by atoms with Gasteiger partial charge in [0.15, 0.2) is 0 Å². The van der Waals surface area contributed by atoms with E-state index < -0.39 is 12.0 Å². The minimum absolute atomic E-state index is 0.0981. The Morgan fingerprint density at radius 1 is 1.65 bits per heavy atom. The van der Waals surface area contributed by atoms with E-state index in [1.165, 1.54) is 13.0 Å². The van der Waals surface area contributed by atoms with Crippen molar-refractivity contribution in [1.29, 1.82) is 5.41 Å². The number of hydrogen-bond acceptors (Lipinski definition) is 4. The van der Waals surface area contributed by atoms with Crippen molar-refractivity contribution in [3.63, 3.8) is 0 Å². The van der Waals surface area contributed by atoms with Gasteiger partial charge in [0.05, 0.1) is 11.1 Å². The quantitative estimate of drug-likeness (QED) is 0.262. The van der Waals surface area contributed by atoms with Gasteiger partial charge in [0, 0.05) is 12.6 Å². The van der Waals surface area contributed by atoms with Crippen molar-refractivity contribution in [1.82, 2.24) is 5.32 Å². The van der Waals surface area contributed by atoms with Crippen molar-refractivity contribution in [3.8, 4) is 0 Å². The fourth-order valence-corrected chi connectivity index (χ4v) is 1.09. The lowest BCUT2D eigenvalue weighted by Gasteiger charge is -2.11. The number of rotatable bonds is 5. The first-order valence-corrected chi connectivity index (χ1v) is 4.88. The van der Waals surface area contributed by atoms with Gasteiger partial charge in [-0.2, -0.15) is 0 Å². The molecule has 1 aliphatic carbocycles. The van der Waals surface area contributed by atoms with Gasteiger partial charge in [0.2, 0.25) is 0 Å². The Labute approximate surface area is 97.9 Å². The monoisotopic (exact) mass is 235 g/mol. The summed E-state index contributed by atoms with van der Waals surface area (Å²) in [5, 5.41) is 28.1. The van der Waals surface area contributed by atoms with Crippen LogP contribution in [0, 0.1) is 5.41 Å². The second-order valence-electron chi connectivity index (χ2n) is 3.53. The third kappa shape index (κ3) is 3.36. The normalized spacial score (nSPS) is 15.7. The van der Waals surface area contributed by atoms with Gasteiger partial charge in [-0.1, -0.05) is 11.5 Å². The first-order valence-electron chi connectivity index (χ1n) is 4.88. The van der Waals surface area contributed by atoms with Crippen molar-refractivity contribution in [2.24, 2.45) is 5.73 Å². The number of hydrogen-bond donors (Lipinski definition) is 5. The predicted molar refractivity (Wildman–Crippen MR) is 61.8 cm³/mol. The fraction of sp³-hybridized carbons (Fsp3) is 0.273. The molecule has 0 aliphatic heterocycles. The van der Waals surface area contributed by atoms with E-state index in [9.17, 15) is 9.90 Å². The highest BCUT2D eigenvalue weighted by atomic mass is 16.4. The van der Waals surface area contributed by atoms with Crippen LogP contribution in [0.25, 0.3) is 0 Å². The maximum atomic E-state index is 10.6. The summed E-state index contributed by atoms with van der Waals surface area (Å²) >= 11 is 0. The van der Waals surface area contributed by atoms with E-state index in [-0.39, 0.29) is 23.7 Å². The van der Waals surface area contributed by atoms with Gasteiger partial charge >= 0.3 is 5.97 Å². The third-order valence-corrected chi connectivity index (χ3v) is 2.18. The number of carboxylic acids is 1. The summed E-state index contributed by atoms with van der Waals surface area (Å²) in [6.45, 7) is 1.64. The van der Waals surface area contributed by atoms with Crippen molar-refractivity contribution < 1.29 is 15.0 Å². The molecule has 0 fully saturated rings. The molecule has 6 nitrogen and oxygen atoms in total. The zero-order valence-electron chi connectivity index (χ0n) is 9.24. The van der Waals surface area contributed by atoms with Gasteiger partial charge in [-0.05, 0) is 6.92 Å². The molecule has 0 saturated carbocycles. The summed E-state index contributed by atoms with van der Waals surface area (Å²) in [5.74, 6) is -1.29. The van der Waals surface area contributed by atoms with E-state index in [1.54, 1.807) is 0 Å². The Balaban J connectivity index is 2.80. The van der Waals surface area contributed by atoms with Gasteiger partial charge in [-0.15, -0.1) is 0 Å². The molecule has 1 atom stereocenters. The summed E-state index contributed by atoms with van der Waals surface area (Å²) in [4.78, 5) is 10.6. The second kappa shape index (κ2) is 5.18. The Bertz CT molecular complexity index is 492. The van der Waals surface area contributed by atoms with Crippen molar-refractivity contribution >= 4 is 11.8 Å². The fourth-order valence-electron chi connectivity index (χ4n) is 1.09. The molecular weight excluding hydrogens is 222 g/mol. The highest BCUT2D eigenvalue weighted by molar-refractivity contribution is 5.97. The predicted octanol–water partition coefficient (Wildman–Crippen LogP) is 0.0474. The van der Waals surface area contributed by atoms with Crippen molar-refractivity contribution in [2.45, 2.75) is 13.0 Å². The van der Waals surface area contributed by atoms with Crippen molar-refractivity contribution in [2.75, 3.05) is 6.54 Å². The van der Waals surface area contributed by atoms with Crippen LogP contribution in [0.3, 0.4) is 0 Å². The smallest absolute Gasteiger partial charge is 0.320 e. The van der Waals surface area contributed by atoms with Gasteiger partial charge < -0.3 is 15.9 Å². The molecule has 0 aromatic rings. The first-order chi connectivity index (χ1) is 7.91. The van der Waals surface area contributed by atoms with Crippen LogP contribution in [0.1, 0.15) is 6.92 Å². The zero-order chi connectivity index (χ0) is 13.0. The molecule has 6 N–H and O–H groups in total. The van der Waals surface area contributed by atoms with Crippen LogP contribution in [0.15, 0.2) is 34.4 Å². The highest BCUT2D eigenvalue weighted by Crippen LogP contribution is 2.11. The topological polar surface area (TPSA) is 119 Å². The molecule has 0 heterocycles. The highest BCUT2D eigenvalue weighted by Gasteiger charge is 2.13. The number of nitrogens with one attached hydrogen (secondary N) is 2. The zero-order valence-corrected chi connectivity index (χ0v) is 9.24. The van der Waals surface area contributed by atoms with E-state index in [4.69, 9.17) is 16.2 Å². The number of carbonyl (C=O) groups is 1. The van der Waals surface area contributed by atoms with Gasteiger partial charge in [0.25, 0.3) is 0 Å². The van der Waals surface area contributed by atoms with E-state index in [1.807, 2.05) is 0 Å². The maximum absolute atomic E-state index is 10.6. The molecule has 1 rings (SSSR count). The van der Waals surface area contributed by atoms with Crippen LogP contribution in [0.2, 0.25) is 0 Å². The molecule has 0 amide bonds. The van der Waals surface area contributed by atoms with E-state index >= 15 is 0 Å².